The minimum absolute atomic E-state index is 0.0282. The molecule has 0 N–H and O–H groups in total. The van der Waals surface area contributed by atoms with Gasteiger partial charge in [0.1, 0.15) is 0 Å². The summed E-state index contributed by atoms with van der Waals surface area (Å²) >= 11 is 0. The summed E-state index contributed by atoms with van der Waals surface area (Å²) in [5.41, 5.74) is -0.236. The maximum atomic E-state index is 12.4. The molecule has 0 amide bonds. The molecule has 1 rings (SSSR count). The van der Waals surface area contributed by atoms with E-state index in [9.17, 15) is 28.1 Å². The number of hydrogen-bond donors (Lipinski definition) is 0. The number of pyridine rings is 1. The van der Waals surface area contributed by atoms with Crippen molar-refractivity contribution in [3.05, 3.63) is 27.4 Å². The first-order valence-electron chi connectivity index (χ1n) is 5.70. The Bertz CT molecular complexity index is 560. The molecule has 1 aromatic heterocycles. The third-order valence-electron chi connectivity index (χ3n) is 2.19. The molecule has 0 aliphatic carbocycles. The fourth-order valence-corrected chi connectivity index (χ4v) is 1.56. The lowest BCUT2D eigenvalue weighted by atomic mass is 10.1. The molecule has 10 heteroatoms. The molecule has 0 bridgehead atoms. The lowest BCUT2D eigenvalue weighted by Gasteiger charge is -2.12. The van der Waals surface area contributed by atoms with Gasteiger partial charge in [-0.15, -0.1) is 13.2 Å². The monoisotopic (exact) mass is 308 g/mol. The molecule has 21 heavy (non-hydrogen) atoms. The van der Waals surface area contributed by atoms with Gasteiger partial charge in [0.05, 0.1) is 13.0 Å². The fourth-order valence-electron chi connectivity index (χ4n) is 1.56. The van der Waals surface area contributed by atoms with Gasteiger partial charge in [-0.2, -0.15) is 0 Å². The Labute approximate surface area is 116 Å². The van der Waals surface area contributed by atoms with Crippen molar-refractivity contribution in [1.82, 2.24) is 4.98 Å². The Hall–Kier alpha value is -2.39. The molecule has 1 heterocycles. The topological polar surface area (TPSA) is 91.6 Å². The third kappa shape index (κ3) is 4.89. The Kier molecular flexibility index (Phi) is 5.06. The van der Waals surface area contributed by atoms with Gasteiger partial charge in [-0.1, -0.05) is 0 Å². The molecular formula is C11H11F3N2O5. The second-order valence-electron chi connectivity index (χ2n) is 3.86. The van der Waals surface area contributed by atoms with Crippen LogP contribution in [0.2, 0.25) is 0 Å². The van der Waals surface area contributed by atoms with Crippen molar-refractivity contribution in [2.75, 3.05) is 6.61 Å². The van der Waals surface area contributed by atoms with Crippen LogP contribution in [0.5, 0.6) is 5.75 Å². The summed E-state index contributed by atoms with van der Waals surface area (Å²) in [6.45, 7) is 2.89. The summed E-state index contributed by atoms with van der Waals surface area (Å²) < 4.78 is 45.3. The molecule has 0 unspecified atom stereocenters. The van der Waals surface area contributed by atoms with Crippen LogP contribution in [0.3, 0.4) is 0 Å². The largest absolute Gasteiger partial charge is 0.573 e. The molecule has 0 atom stereocenters. The fraction of sp³-hybridized carbons (Fsp3) is 0.455. The van der Waals surface area contributed by atoms with Crippen LogP contribution in [-0.4, -0.2) is 28.8 Å². The molecule has 0 fully saturated rings. The quantitative estimate of drug-likeness (QED) is 0.471. The van der Waals surface area contributed by atoms with E-state index >= 15 is 0 Å². The zero-order chi connectivity index (χ0) is 16.2. The van der Waals surface area contributed by atoms with Crippen LogP contribution in [0, 0.1) is 17.0 Å². The van der Waals surface area contributed by atoms with Gasteiger partial charge in [-0.05, 0) is 22.9 Å². The molecule has 7 nitrogen and oxygen atoms in total. The number of aromatic nitrogens is 1. The number of aryl methyl sites for hydroxylation is 1. The highest BCUT2D eigenvalue weighted by Crippen LogP contribution is 2.34. The Balaban J connectivity index is 3.31. The number of carbonyl (C=O) groups is 1. The number of nitrogens with zero attached hydrogens (tertiary/aromatic N) is 2. The van der Waals surface area contributed by atoms with Crippen LogP contribution in [-0.2, 0) is 16.0 Å². The van der Waals surface area contributed by atoms with E-state index in [-0.39, 0.29) is 17.9 Å². The van der Waals surface area contributed by atoms with Crippen LogP contribution >= 0.6 is 0 Å². The first-order valence-corrected chi connectivity index (χ1v) is 5.70. The SMILES string of the molecule is CCOC(=O)Cc1cc(C)nc([N+](=O)[O-])c1OC(F)(F)F. The van der Waals surface area contributed by atoms with Gasteiger partial charge in [0, 0.05) is 12.5 Å². The average Bonchev–Trinajstić information content (AvgIpc) is 2.30. The number of nitro groups is 1. The van der Waals surface area contributed by atoms with Crippen LogP contribution in [0.15, 0.2) is 6.07 Å². The zero-order valence-corrected chi connectivity index (χ0v) is 11.1. The first-order chi connectivity index (χ1) is 9.64. The summed E-state index contributed by atoms with van der Waals surface area (Å²) in [4.78, 5) is 24.5. The standard InChI is InChI=1S/C11H11F3N2O5/c1-3-20-8(17)5-7-4-6(2)15-10(16(18)19)9(7)21-11(12,13)14/h4H,3,5H2,1-2H3. The van der Waals surface area contributed by atoms with Crippen LogP contribution in [0.4, 0.5) is 19.0 Å². The minimum atomic E-state index is -5.15. The number of esters is 1. The molecule has 116 valence electrons. The summed E-state index contributed by atoms with van der Waals surface area (Å²) in [5, 5.41) is 10.8. The molecular weight excluding hydrogens is 297 g/mol. The second kappa shape index (κ2) is 6.37. The van der Waals surface area contributed by atoms with Gasteiger partial charge in [0.2, 0.25) is 5.75 Å². The van der Waals surface area contributed by atoms with E-state index in [0.29, 0.717) is 0 Å². The molecule has 0 radical (unpaired) electrons. The first kappa shape index (κ1) is 16.7. The molecule has 0 saturated carbocycles. The lowest BCUT2D eigenvalue weighted by molar-refractivity contribution is -0.393. The van der Waals surface area contributed by atoms with Crippen molar-refractivity contribution in [2.45, 2.75) is 26.6 Å². The molecule has 0 aliphatic heterocycles. The number of ether oxygens (including phenoxy) is 2. The van der Waals surface area contributed by atoms with Gasteiger partial charge < -0.3 is 19.6 Å². The van der Waals surface area contributed by atoms with Crippen LogP contribution in [0.25, 0.3) is 0 Å². The number of rotatable bonds is 5. The minimum Gasteiger partial charge on any atom is -0.466 e. The summed E-state index contributed by atoms with van der Waals surface area (Å²) in [6.07, 6.45) is -5.74. The van der Waals surface area contributed by atoms with E-state index in [2.05, 4.69) is 14.5 Å². The lowest BCUT2D eigenvalue weighted by Crippen LogP contribution is -2.20. The highest BCUT2D eigenvalue weighted by atomic mass is 19.4. The van der Waals surface area contributed by atoms with E-state index in [4.69, 9.17) is 0 Å². The maximum Gasteiger partial charge on any atom is 0.573 e. The van der Waals surface area contributed by atoms with Gasteiger partial charge in [-0.3, -0.25) is 4.79 Å². The Morgan fingerprint density at radius 3 is 2.57 bits per heavy atom. The van der Waals surface area contributed by atoms with Crippen molar-refractivity contribution in [3.63, 3.8) is 0 Å². The number of halogens is 3. The van der Waals surface area contributed by atoms with Crippen molar-refractivity contribution >= 4 is 11.8 Å². The van der Waals surface area contributed by atoms with E-state index < -0.39 is 35.2 Å². The molecule has 0 aromatic carbocycles. The van der Waals surface area contributed by atoms with Crippen molar-refractivity contribution in [2.24, 2.45) is 0 Å². The number of hydrogen-bond acceptors (Lipinski definition) is 6. The second-order valence-corrected chi connectivity index (χ2v) is 3.86. The number of alkyl halides is 3. The highest BCUT2D eigenvalue weighted by Gasteiger charge is 2.37. The van der Waals surface area contributed by atoms with Crippen LogP contribution < -0.4 is 4.74 Å². The van der Waals surface area contributed by atoms with Gasteiger partial charge in [-0.25, -0.2) is 0 Å². The van der Waals surface area contributed by atoms with E-state index in [1.807, 2.05) is 0 Å². The average molecular weight is 308 g/mol. The highest BCUT2D eigenvalue weighted by molar-refractivity contribution is 5.74. The molecule has 0 spiro atoms. The zero-order valence-electron chi connectivity index (χ0n) is 11.1. The van der Waals surface area contributed by atoms with E-state index in [1.54, 1.807) is 0 Å². The third-order valence-corrected chi connectivity index (χ3v) is 2.19. The van der Waals surface area contributed by atoms with Gasteiger partial charge >= 0.3 is 18.1 Å². The normalized spacial score (nSPS) is 11.1. The predicted octanol–water partition coefficient (Wildman–Crippen LogP) is 2.30. The predicted molar refractivity (Wildman–Crippen MR) is 62.6 cm³/mol. The van der Waals surface area contributed by atoms with E-state index in [1.165, 1.54) is 13.8 Å². The molecule has 1 aromatic rings. The Morgan fingerprint density at radius 1 is 1.48 bits per heavy atom. The van der Waals surface area contributed by atoms with E-state index in [0.717, 1.165) is 6.07 Å². The van der Waals surface area contributed by atoms with Crippen molar-refractivity contribution < 1.29 is 32.4 Å². The smallest absolute Gasteiger partial charge is 0.466 e. The summed E-state index contributed by atoms with van der Waals surface area (Å²) in [5.74, 6) is -3.04. The van der Waals surface area contributed by atoms with Crippen LogP contribution in [0.1, 0.15) is 18.2 Å². The van der Waals surface area contributed by atoms with Gasteiger partial charge in [0.15, 0.2) is 5.69 Å². The summed E-state index contributed by atoms with van der Waals surface area (Å²) in [6, 6.07) is 1.10. The van der Waals surface area contributed by atoms with Crippen molar-refractivity contribution in [1.29, 1.82) is 0 Å². The van der Waals surface area contributed by atoms with Gasteiger partial charge in [0.25, 0.3) is 0 Å². The van der Waals surface area contributed by atoms with Crippen molar-refractivity contribution in [3.8, 4) is 5.75 Å². The molecule has 0 aliphatic rings. The number of carbonyl (C=O) groups excluding carboxylic acids is 1. The Morgan fingerprint density at radius 2 is 2.10 bits per heavy atom. The maximum absolute atomic E-state index is 12.4. The summed E-state index contributed by atoms with van der Waals surface area (Å²) in [7, 11) is 0. The molecule has 0 saturated heterocycles.